The minimum Gasteiger partial charge on any atom is -1.00 e. The highest BCUT2D eigenvalue weighted by Gasteiger charge is 2.44. The van der Waals surface area contributed by atoms with E-state index < -0.39 is 7.26 Å². The molecule has 0 spiro atoms. The fourth-order valence-corrected chi connectivity index (χ4v) is 10.2. The van der Waals surface area contributed by atoms with Crippen molar-refractivity contribution >= 4 is 23.2 Å². The molecule has 3 rings (SSSR count). The lowest BCUT2D eigenvalue weighted by Crippen LogP contribution is -3.00. The number of quaternary nitrogens is 1. The molecule has 0 aliphatic carbocycles. The van der Waals surface area contributed by atoms with Crippen molar-refractivity contribution in [2.75, 3.05) is 32.3 Å². The van der Waals surface area contributed by atoms with Crippen molar-refractivity contribution in [3.63, 3.8) is 0 Å². The molecule has 0 aliphatic heterocycles. The van der Waals surface area contributed by atoms with E-state index in [0.29, 0.717) is 0 Å². The van der Waals surface area contributed by atoms with Crippen LogP contribution in [0.25, 0.3) is 0 Å². The van der Waals surface area contributed by atoms with E-state index in [1.54, 1.807) is 0 Å². The second kappa shape index (κ2) is 17.2. The van der Waals surface area contributed by atoms with Gasteiger partial charge in [0.15, 0.2) is 0 Å². The molecule has 202 valence electrons. The van der Waals surface area contributed by atoms with Gasteiger partial charge >= 0.3 is 0 Å². The molecule has 37 heavy (non-hydrogen) atoms. The maximum absolute atomic E-state index is 2.39. The quantitative estimate of drug-likeness (QED) is 0.120. The Morgan fingerprint density at radius 1 is 0.459 bits per heavy atom. The first-order valence-corrected chi connectivity index (χ1v) is 16.6. The van der Waals surface area contributed by atoms with Gasteiger partial charge in [0.1, 0.15) is 23.2 Å². The number of hydrogen-bond acceptors (Lipinski definition) is 0. The summed E-state index contributed by atoms with van der Waals surface area (Å²) in [6, 6.07) is 34.2. The zero-order valence-corrected chi connectivity index (χ0v) is 26.1. The first kappa shape index (κ1) is 31.7. The van der Waals surface area contributed by atoms with Crippen molar-refractivity contribution in [3.05, 3.63) is 91.0 Å². The predicted octanol–water partition coefficient (Wildman–Crippen LogP) is 4.98. The number of benzene rings is 3. The van der Waals surface area contributed by atoms with E-state index in [0.717, 1.165) is 0 Å². The van der Waals surface area contributed by atoms with E-state index in [2.05, 4.69) is 112 Å². The van der Waals surface area contributed by atoms with E-state index in [4.69, 9.17) is 0 Å². The highest BCUT2D eigenvalue weighted by atomic mass is 79.9. The molecule has 0 radical (unpaired) electrons. The SMILES string of the molecule is CCCC[N+](CCCC)(CCCC)CCCC[P+](c1ccccc1)(c1ccccc1)c1ccccc1.[Br-]. The first-order valence-electron chi connectivity index (χ1n) is 14.6. The van der Waals surface area contributed by atoms with E-state index in [1.807, 2.05) is 0 Å². The predicted molar refractivity (Wildman–Crippen MR) is 164 cm³/mol. The molecule has 0 aromatic heterocycles. The van der Waals surface area contributed by atoms with E-state index in [1.165, 1.54) is 104 Å². The fraction of sp³-hybridized carbons (Fsp3) is 0.471. The summed E-state index contributed by atoms with van der Waals surface area (Å²) in [4.78, 5) is 0. The molecule has 0 amide bonds. The minimum absolute atomic E-state index is 0. The molecule has 0 bridgehead atoms. The Balaban J connectivity index is 0.00000481. The summed E-state index contributed by atoms with van der Waals surface area (Å²) in [6.07, 6.45) is 11.9. The Hall–Kier alpha value is -1.47. The molecule has 0 atom stereocenters. The van der Waals surface area contributed by atoms with Crippen LogP contribution in [0.3, 0.4) is 0 Å². The third-order valence-corrected chi connectivity index (χ3v) is 12.5. The van der Waals surface area contributed by atoms with E-state index in [-0.39, 0.29) is 17.0 Å². The third kappa shape index (κ3) is 8.77. The lowest BCUT2D eigenvalue weighted by atomic mass is 10.1. The van der Waals surface area contributed by atoms with Crippen LogP contribution in [0.5, 0.6) is 0 Å². The van der Waals surface area contributed by atoms with Crippen molar-refractivity contribution in [3.8, 4) is 0 Å². The number of halogens is 1. The topological polar surface area (TPSA) is 0 Å². The smallest absolute Gasteiger partial charge is 0.112 e. The Morgan fingerprint density at radius 3 is 1.11 bits per heavy atom. The lowest BCUT2D eigenvalue weighted by Gasteiger charge is -2.39. The van der Waals surface area contributed by atoms with Crippen LogP contribution in [0.1, 0.15) is 72.1 Å². The van der Waals surface area contributed by atoms with Gasteiger partial charge in [0, 0.05) is 6.42 Å². The van der Waals surface area contributed by atoms with Crippen LogP contribution >= 0.6 is 7.26 Å². The minimum atomic E-state index is -1.71. The van der Waals surface area contributed by atoms with E-state index >= 15 is 0 Å². The molecule has 0 aliphatic rings. The molecule has 0 fully saturated rings. The van der Waals surface area contributed by atoms with Gasteiger partial charge < -0.3 is 21.5 Å². The van der Waals surface area contributed by atoms with Gasteiger partial charge in [-0.25, -0.2) is 0 Å². The van der Waals surface area contributed by atoms with Crippen molar-refractivity contribution in [2.45, 2.75) is 72.1 Å². The van der Waals surface area contributed by atoms with Crippen LogP contribution in [-0.2, 0) is 0 Å². The van der Waals surface area contributed by atoms with Gasteiger partial charge in [-0.2, -0.15) is 0 Å². The van der Waals surface area contributed by atoms with Crippen LogP contribution < -0.4 is 32.9 Å². The monoisotopic (exact) mass is 582 g/mol. The van der Waals surface area contributed by atoms with Gasteiger partial charge in [-0.3, -0.25) is 0 Å². The van der Waals surface area contributed by atoms with Gasteiger partial charge in [-0.15, -0.1) is 0 Å². The molecule has 3 aromatic rings. The normalized spacial score (nSPS) is 11.8. The number of rotatable bonds is 17. The highest BCUT2D eigenvalue weighted by molar-refractivity contribution is 7.95. The maximum atomic E-state index is 2.39. The summed E-state index contributed by atoms with van der Waals surface area (Å²) in [6.45, 7) is 12.5. The van der Waals surface area contributed by atoms with Crippen LogP contribution in [0.2, 0.25) is 0 Å². The maximum Gasteiger partial charge on any atom is 0.112 e. The second-order valence-corrected chi connectivity index (χ2v) is 14.2. The summed E-state index contributed by atoms with van der Waals surface area (Å²) in [7, 11) is -1.71. The molecule has 0 N–H and O–H groups in total. The average Bonchev–Trinajstić information content (AvgIpc) is 2.95. The average molecular weight is 584 g/mol. The zero-order chi connectivity index (χ0) is 25.5. The molecule has 0 unspecified atom stereocenters. The Morgan fingerprint density at radius 2 is 0.784 bits per heavy atom. The largest absolute Gasteiger partial charge is 1.00 e. The van der Waals surface area contributed by atoms with Crippen molar-refractivity contribution < 1.29 is 21.5 Å². The number of nitrogens with zero attached hydrogens (tertiary/aromatic N) is 1. The molecule has 0 heterocycles. The lowest BCUT2D eigenvalue weighted by molar-refractivity contribution is -0.929. The molecule has 1 nitrogen and oxygen atoms in total. The molecule has 3 heteroatoms. The summed E-state index contributed by atoms with van der Waals surface area (Å²) < 4.78 is 1.35. The zero-order valence-electron chi connectivity index (χ0n) is 23.6. The molecular weight excluding hydrogens is 533 g/mol. The summed E-state index contributed by atoms with van der Waals surface area (Å²) in [5.41, 5.74) is 0. The van der Waals surface area contributed by atoms with Gasteiger partial charge in [0.2, 0.25) is 0 Å². The van der Waals surface area contributed by atoms with Crippen molar-refractivity contribution in [1.82, 2.24) is 0 Å². The Bertz CT molecular complexity index is 842. The molecule has 0 saturated carbocycles. The molecule has 3 aromatic carbocycles. The summed E-state index contributed by atoms with van der Waals surface area (Å²) >= 11 is 0. The fourth-order valence-electron chi connectivity index (χ4n) is 5.83. The Kier molecular flexibility index (Phi) is 14.7. The van der Waals surface area contributed by atoms with Gasteiger partial charge in [0.25, 0.3) is 0 Å². The van der Waals surface area contributed by atoms with Crippen molar-refractivity contribution in [2.24, 2.45) is 0 Å². The first-order chi connectivity index (χ1) is 17.7. The van der Waals surface area contributed by atoms with Gasteiger partial charge in [0.05, 0.1) is 32.3 Å². The van der Waals surface area contributed by atoms with Crippen molar-refractivity contribution in [1.29, 1.82) is 0 Å². The van der Waals surface area contributed by atoms with Gasteiger partial charge in [-0.05, 0) is 62.1 Å². The number of unbranched alkanes of at least 4 members (excludes halogenated alkanes) is 4. The highest BCUT2D eigenvalue weighted by Crippen LogP contribution is 2.55. The van der Waals surface area contributed by atoms with Crippen LogP contribution in [0, 0.1) is 0 Å². The van der Waals surface area contributed by atoms with Crippen LogP contribution in [0.15, 0.2) is 91.0 Å². The summed E-state index contributed by atoms with van der Waals surface area (Å²) in [5, 5.41) is 4.56. The third-order valence-electron chi connectivity index (χ3n) is 7.92. The van der Waals surface area contributed by atoms with Gasteiger partial charge in [-0.1, -0.05) is 94.6 Å². The second-order valence-electron chi connectivity index (χ2n) is 10.5. The summed E-state index contributed by atoms with van der Waals surface area (Å²) in [5.74, 6) is 0. The molecular formula is C34H50BrNP+. The Labute approximate surface area is 239 Å². The number of hydrogen-bond donors (Lipinski definition) is 0. The van der Waals surface area contributed by atoms with Crippen LogP contribution in [0.4, 0.5) is 0 Å². The standard InChI is InChI=1S/C34H50NP.BrH/c1-4-7-27-35(28-8-5-2,29-9-6-3)30-19-20-31-36(32-21-13-10-14-22-32,33-23-15-11-16-24-33)34-25-17-12-18-26-34;/h10-18,21-26H,4-9,19-20,27-31H2,1-3H3;1H/q+2;/p-1. The van der Waals surface area contributed by atoms with Crippen LogP contribution in [-0.4, -0.2) is 36.8 Å². The van der Waals surface area contributed by atoms with E-state index in [9.17, 15) is 0 Å². The molecule has 0 saturated heterocycles.